The van der Waals surface area contributed by atoms with Crippen LogP contribution >= 0.6 is 0 Å². The summed E-state index contributed by atoms with van der Waals surface area (Å²) in [4.78, 5) is 28.3. The number of carbonyl (C=O) groups is 1. The van der Waals surface area contributed by atoms with Gasteiger partial charge in [-0.15, -0.1) is 0 Å². The summed E-state index contributed by atoms with van der Waals surface area (Å²) in [6, 6.07) is 8.03. The van der Waals surface area contributed by atoms with E-state index in [-0.39, 0.29) is 5.91 Å². The molecule has 8 heteroatoms. The van der Waals surface area contributed by atoms with Crippen LogP contribution in [0.25, 0.3) is 0 Å². The lowest BCUT2D eigenvalue weighted by atomic mass is 10.2. The molecule has 0 N–H and O–H groups in total. The zero-order valence-electron chi connectivity index (χ0n) is 17.0. The van der Waals surface area contributed by atoms with Crippen molar-refractivity contribution in [2.75, 3.05) is 69.4 Å². The molecule has 1 aromatic heterocycles. The van der Waals surface area contributed by atoms with Crippen molar-refractivity contribution in [1.82, 2.24) is 14.9 Å². The molecule has 3 heterocycles. The van der Waals surface area contributed by atoms with Crippen molar-refractivity contribution < 1.29 is 14.3 Å². The van der Waals surface area contributed by atoms with E-state index in [2.05, 4.69) is 31.9 Å². The average molecular weight is 397 g/mol. The zero-order chi connectivity index (χ0) is 20.2. The molecule has 2 saturated heterocycles. The van der Waals surface area contributed by atoms with Crippen LogP contribution in [0, 0.1) is 6.92 Å². The Morgan fingerprint density at radius 1 is 1.00 bits per heavy atom. The van der Waals surface area contributed by atoms with Gasteiger partial charge in [0.25, 0.3) is 5.91 Å². The highest BCUT2D eigenvalue weighted by Crippen LogP contribution is 2.21. The first-order valence-electron chi connectivity index (χ1n) is 10.0. The van der Waals surface area contributed by atoms with Crippen LogP contribution in [0.3, 0.4) is 0 Å². The number of morpholine rings is 1. The van der Waals surface area contributed by atoms with Crippen molar-refractivity contribution >= 4 is 17.5 Å². The Morgan fingerprint density at radius 3 is 2.31 bits per heavy atom. The number of hydrogen-bond acceptors (Lipinski definition) is 7. The second-order valence-corrected chi connectivity index (χ2v) is 7.25. The summed E-state index contributed by atoms with van der Waals surface area (Å²) in [5, 5.41) is 0. The molecule has 0 spiro atoms. The van der Waals surface area contributed by atoms with E-state index in [1.54, 1.807) is 13.3 Å². The number of rotatable bonds is 4. The largest absolute Gasteiger partial charge is 0.497 e. The Hall–Kier alpha value is -2.87. The summed E-state index contributed by atoms with van der Waals surface area (Å²) in [6.07, 6.45) is 1.67. The molecule has 154 valence electrons. The van der Waals surface area contributed by atoms with Gasteiger partial charge in [-0.3, -0.25) is 4.79 Å². The van der Waals surface area contributed by atoms with Crippen LogP contribution in [0.2, 0.25) is 0 Å². The molecule has 2 fully saturated rings. The fraction of sp³-hybridized carbons (Fsp3) is 0.476. The minimum atomic E-state index is 0.00501. The number of carbonyl (C=O) groups excluding carboxylic acids is 1. The molecule has 2 aromatic rings. The topological polar surface area (TPSA) is 71.0 Å². The van der Waals surface area contributed by atoms with Gasteiger partial charge in [-0.05, 0) is 31.2 Å². The third kappa shape index (κ3) is 4.27. The van der Waals surface area contributed by atoms with Gasteiger partial charge in [-0.25, -0.2) is 9.97 Å². The summed E-state index contributed by atoms with van der Waals surface area (Å²) < 4.78 is 10.6. The molecule has 1 aromatic carbocycles. The van der Waals surface area contributed by atoms with Gasteiger partial charge in [0.2, 0.25) is 5.95 Å². The molecule has 0 aliphatic carbocycles. The van der Waals surface area contributed by atoms with Crippen molar-refractivity contribution in [2.24, 2.45) is 0 Å². The lowest BCUT2D eigenvalue weighted by Crippen LogP contribution is -2.49. The second kappa shape index (κ2) is 8.65. The van der Waals surface area contributed by atoms with Crippen molar-refractivity contribution in [3.05, 3.63) is 41.7 Å². The SMILES string of the molecule is COc1ccc(N2CCN(C(=O)c3cnc(N4CCOCC4)nc3C)CC2)cc1. The molecule has 0 unspecified atom stereocenters. The predicted octanol–water partition coefficient (Wildman–Crippen LogP) is 1.59. The number of aromatic nitrogens is 2. The van der Waals surface area contributed by atoms with Crippen LogP contribution < -0.4 is 14.5 Å². The number of ether oxygens (including phenoxy) is 2. The summed E-state index contributed by atoms with van der Waals surface area (Å²) in [5.74, 6) is 1.52. The number of benzene rings is 1. The Bertz CT molecular complexity index is 844. The van der Waals surface area contributed by atoms with Crippen LogP contribution in [0.1, 0.15) is 16.1 Å². The molecule has 8 nitrogen and oxygen atoms in total. The summed E-state index contributed by atoms with van der Waals surface area (Å²) >= 11 is 0. The molecule has 4 rings (SSSR count). The standard InChI is InChI=1S/C21H27N5O3/c1-16-19(15-22-21(23-16)26-11-13-29-14-12-26)20(27)25-9-7-24(8-10-25)17-3-5-18(28-2)6-4-17/h3-6,15H,7-14H2,1-2H3. The first kappa shape index (κ1) is 19.4. The molecular formula is C21H27N5O3. The predicted molar refractivity (Wildman–Crippen MR) is 111 cm³/mol. The quantitative estimate of drug-likeness (QED) is 0.776. The van der Waals surface area contributed by atoms with Crippen molar-refractivity contribution in [3.8, 4) is 5.75 Å². The Morgan fingerprint density at radius 2 is 1.69 bits per heavy atom. The summed E-state index contributed by atoms with van der Waals surface area (Å²) in [5.41, 5.74) is 2.45. The molecule has 2 aliphatic heterocycles. The maximum Gasteiger partial charge on any atom is 0.257 e. The lowest BCUT2D eigenvalue weighted by molar-refractivity contribution is 0.0745. The average Bonchev–Trinajstić information content (AvgIpc) is 2.79. The number of methoxy groups -OCH3 is 1. The summed E-state index contributed by atoms with van der Waals surface area (Å²) in [6.45, 7) is 7.74. The van der Waals surface area contributed by atoms with E-state index in [1.807, 2.05) is 24.0 Å². The maximum atomic E-state index is 13.0. The third-order valence-corrected chi connectivity index (χ3v) is 5.50. The number of piperazine rings is 1. The van der Waals surface area contributed by atoms with E-state index in [4.69, 9.17) is 9.47 Å². The molecule has 0 radical (unpaired) electrons. The van der Waals surface area contributed by atoms with E-state index in [0.29, 0.717) is 37.8 Å². The monoisotopic (exact) mass is 397 g/mol. The van der Waals surface area contributed by atoms with Crippen LogP contribution in [-0.4, -0.2) is 80.4 Å². The normalized spacial score (nSPS) is 17.4. The zero-order valence-corrected chi connectivity index (χ0v) is 17.0. The molecule has 29 heavy (non-hydrogen) atoms. The highest BCUT2D eigenvalue weighted by molar-refractivity contribution is 5.95. The number of anilines is 2. The number of nitrogens with zero attached hydrogens (tertiary/aromatic N) is 5. The molecule has 2 aliphatic rings. The number of hydrogen-bond donors (Lipinski definition) is 0. The maximum absolute atomic E-state index is 13.0. The first-order valence-corrected chi connectivity index (χ1v) is 10.0. The van der Waals surface area contributed by atoms with Crippen LogP contribution in [-0.2, 0) is 4.74 Å². The van der Waals surface area contributed by atoms with E-state index in [9.17, 15) is 4.79 Å². The van der Waals surface area contributed by atoms with Crippen molar-refractivity contribution in [1.29, 1.82) is 0 Å². The minimum Gasteiger partial charge on any atom is -0.497 e. The van der Waals surface area contributed by atoms with Crippen LogP contribution in [0.5, 0.6) is 5.75 Å². The fourth-order valence-electron chi connectivity index (χ4n) is 3.71. The van der Waals surface area contributed by atoms with E-state index in [1.165, 1.54) is 0 Å². The molecule has 0 atom stereocenters. The highest BCUT2D eigenvalue weighted by Gasteiger charge is 2.25. The number of amides is 1. The van der Waals surface area contributed by atoms with Gasteiger partial charge < -0.3 is 24.2 Å². The number of aryl methyl sites for hydroxylation is 1. The van der Waals surface area contributed by atoms with Crippen LogP contribution in [0.4, 0.5) is 11.6 Å². The molecular weight excluding hydrogens is 370 g/mol. The lowest BCUT2D eigenvalue weighted by Gasteiger charge is -2.36. The van der Waals surface area contributed by atoms with Crippen molar-refractivity contribution in [2.45, 2.75) is 6.92 Å². The third-order valence-electron chi connectivity index (χ3n) is 5.50. The minimum absolute atomic E-state index is 0.00501. The molecule has 0 bridgehead atoms. The van der Waals surface area contributed by atoms with Gasteiger partial charge in [0, 0.05) is 51.2 Å². The first-order chi connectivity index (χ1) is 14.2. The summed E-state index contributed by atoms with van der Waals surface area (Å²) in [7, 11) is 1.67. The molecule has 0 saturated carbocycles. The van der Waals surface area contributed by atoms with Gasteiger partial charge in [-0.1, -0.05) is 0 Å². The second-order valence-electron chi connectivity index (χ2n) is 7.25. The van der Waals surface area contributed by atoms with E-state index in [0.717, 1.165) is 43.3 Å². The Kier molecular flexibility index (Phi) is 5.80. The van der Waals surface area contributed by atoms with Crippen molar-refractivity contribution in [3.63, 3.8) is 0 Å². The fourth-order valence-corrected chi connectivity index (χ4v) is 3.71. The van der Waals surface area contributed by atoms with Gasteiger partial charge >= 0.3 is 0 Å². The van der Waals surface area contributed by atoms with Crippen LogP contribution in [0.15, 0.2) is 30.5 Å². The van der Waals surface area contributed by atoms with Gasteiger partial charge in [-0.2, -0.15) is 0 Å². The van der Waals surface area contributed by atoms with Gasteiger partial charge in [0.15, 0.2) is 0 Å². The Balaban J connectivity index is 1.38. The van der Waals surface area contributed by atoms with Gasteiger partial charge in [0.05, 0.1) is 31.6 Å². The van der Waals surface area contributed by atoms with Gasteiger partial charge in [0.1, 0.15) is 5.75 Å². The Labute approximate surface area is 171 Å². The van der Waals surface area contributed by atoms with E-state index < -0.39 is 0 Å². The molecule has 1 amide bonds. The highest BCUT2D eigenvalue weighted by atomic mass is 16.5. The van der Waals surface area contributed by atoms with E-state index >= 15 is 0 Å². The smallest absolute Gasteiger partial charge is 0.257 e.